The summed E-state index contributed by atoms with van der Waals surface area (Å²) >= 11 is 1.70. The highest BCUT2D eigenvalue weighted by Crippen LogP contribution is 2.38. The molecule has 1 aliphatic rings. The van der Waals surface area contributed by atoms with Gasteiger partial charge in [-0.2, -0.15) is 0 Å². The van der Waals surface area contributed by atoms with E-state index in [-0.39, 0.29) is 0 Å². The summed E-state index contributed by atoms with van der Waals surface area (Å²) in [5.41, 5.74) is 9.65. The third kappa shape index (κ3) is 2.97. The summed E-state index contributed by atoms with van der Waals surface area (Å²) in [5.74, 6) is 1.14. The van der Waals surface area contributed by atoms with E-state index in [0.717, 1.165) is 18.6 Å². The molecule has 2 aromatic carbocycles. The molecule has 0 saturated carbocycles. The standard InChI is InChI=1S/C23H25N3S/c1-14(2)22-18-11-16(15-7-9-24-10-8-15)3-5-19(18)26-23(22)17-4-6-21-20(12-17)25-13-27-21/h3-6,11-15,24,26H,7-10H2,1-2H3. The molecule has 1 fully saturated rings. The number of hydrogen-bond acceptors (Lipinski definition) is 3. The van der Waals surface area contributed by atoms with Gasteiger partial charge in [-0.25, -0.2) is 4.98 Å². The zero-order valence-electron chi connectivity index (χ0n) is 15.9. The molecule has 0 radical (unpaired) electrons. The summed E-state index contributed by atoms with van der Waals surface area (Å²) in [5, 5.41) is 4.86. The Bertz CT molecular complexity index is 1100. The molecule has 0 unspecified atom stereocenters. The summed E-state index contributed by atoms with van der Waals surface area (Å²) in [6, 6.07) is 13.7. The van der Waals surface area contributed by atoms with Crippen LogP contribution < -0.4 is 5.32 Å². The largest absolute Gasteiger partial charge is 0.354 e. The van der Waals surface area contributed by atoms with Crippen LogP contribution in [0, 0.1) is 0 Å². The second kappa shape index (κ2) is 6.77. The lowest BCUT2D eigenvalue weighted by Crippen LogP contribution is -2.26. The van der Waals surface area contributed by atoms with Gasteiger partial charge in [0.15, 0.2) is 0 Å². The number of hydrogen-bond donors (Lipinski definition) is 2. The van der Waals surface area contributed by atoms with Crippen LogP contribution in [0.3, 0.4) is 0 Å². The van der Waals surface area contributed by atoms with Crippen molar-refractivity contribution < 1.29 is 0 Å². The number of piperidine rings is 1. The van der Waals surface area contributed by atoms with Crippen molar-refractivity contribution in [2.45, 2.75) is 38.5 Å². The van der Waals surface area contributed by atoms with E-state index in [1.165, 1.54) is 50.8 Å². The highest BCUT2D eigenvalue weighted by Gasteiger charge is 2.20. The van der Waals surface area contributed by atoms with E-state index in [2.05, 4.69) is 65.5 Å². The molecule has 1 aliphatic heterocycles. The molecule has 138 valence electrons. The van der Waals surface area contributed by atoms with Gasteiger partial charge in [-0.15, -0.1) is 11.3 Å². The molecule has 4 aromatic rings. The van der Waals surface area contributed by atoms with Crippen LogP contribution >= 0.6 is 11.3 Å². The minimum atomic E-state index is 0.461. The van der Waals surface area contributed by atoms with Gasteiger partial charge < -0.3 is 10.3 Å². The van der Waals surface area contributed by atoms with Gasteiger partial charge in [0, 0.05) is 16.5 Å². The lowest BCUT2D eigenvalue weighted by molar-refractivity contribution is 0.460. The van der Waals surface area contributed by atoms with E-state index in [0.29, 0.717) is 11.8 Å². The predicted octanol–water partition coefficient (Wildman–Crippen LogP) is 6.04. The SMILES string of the molecule is CC(C)c1c(-c2ccc3scnc3c2)[nH]c2ccc(C3CCNCC3)cc12. The summed E-state index contributed by atoms with van der Waals surface area (Å²) in [7, 11) is 0. The predicted molar refractivity (Wildman–Crippen MR) is 116 cm³/mol. The number of aromatic nitrogens is 2. The number of nitrogens with one attached hydrogen (secondary N) is 2. The van der Waals surface area contributed by atoms with Gasteiger partial charge in [-0.3, -0.25) is 0 Å². The molecule has 0 amide bonds. The lowest BCUT2D eigenvalue weighted by atomic mass is 9.88. The number of rotatable bonds is 3. The van der Waals surface area contributed by atoms with Gasteiger partial charge in [0.1, 0.15) is 0 Å². The van der Waals surface area contributed by atoms with E-state index in [9.17, 15) is 0 Å². The monoisotopic (exact) mass is 375 g/mol. The van der Waals surface area contributed by atoms with Crippen LogP contribution in [0.4, 0.5) is 0 Å². The Kier molecular flexibility index (Phi) is 4.25. The molecule has 5 rings (SSSR count). The summed E-state index contributed by atoms with van der Waals surface area (Å²) < 4.78 is 1.24. The van der Waals surface area contributed by atoms with E-state index in [1.54, 1.807) is 11.3 Å². The van der Waals surface area contributed by atoms with E-state index >= 15 is 0 Å². The Morgan fingerprint density at radius 3 is 2.74 bits per heavy atom. The fourth-order valence-electron chi connectivity index (χ4n) is 4.48. The molecule has 0 atom stereocenters. The molecule has 2 aromatic heterocycles. The van der Waals surface area contributed by atoms with Crippen molar-refractivity contribution in [3.8, 4) is 11.3 Å². The Morgan fingerprint density at radius 1 is 1.07 bits per heavy atom. The first-order chi connectivity index (χ1) is 13.2. The Balaban J connectivity index is 1.66. The Labute approximate surface area is 163 Å². The number of fused-ring (bicyclic) bond motifs is 2. The van der Waals surface area contributed by atoms with E-state index in [4.69, 9.17) is 0 Å². The number of benzene rings is 2. The highest BCUT2D eigenvalue weighted by molar-refractivity contribution is 7.16. The van der Waals surface area contributed by atoms with Crippen molar-refractivity contribution in [1.29, 1.82) is 0 Å². The molecular formula is C23H25N3S. The quantitative estimate of drug-likeness (QED) is 0.459. The molecule has 0 spiro atoms. The van der Waals surface area contributed by atoms with Crippen LogP contribution in [0.15, 0.2) is 41.9 Å². The zero-order valence-corrected chi connectivity index (χ0v) is 16.7. The lowest BCUT2D eigenvalue weighted by Gasteiger charge is -2.23. The first kappa shape index (κ1) is 17.0. The number of aromatic amines is 1. The van der Waals surface area contributed by atoms with Gasteiger partial charge in [-0.05, 0) is 73.2 Å². The number of H-pyrrole nitrogens is 1. The minimum Gasteiger partial charge on any atom is -0.354 e. The van der Waals surface area contributed by atoms with Crippen LogP contribution in [0.2, 0.25) is 0 Å². The van der Waals surface area contributed by atoms with Gasteiger partial charge in [0.25, 0.3) is 0 Å². The van der Waals surface area contributed by atoms with Crippen molar-refractivity contribution >= 4 is 32.5 Å². The van der Waals surface area contributed by atoms with Crippen molar-refractivity contribution in [1.82, 2.24) is 15.3 Å². The Morgan fingerprint density at radius 2 is 1.93 bits per heavy atom. The van der Waals surface area contributed by atoms with Crippen LogP contribution in [-0.4, -0.2) is 23.1 Å². The second-order valence-electron chi connectivity index (χ2n) is 7.93. The summed E-state index contributed by atoms with van der Waals surface area (Å²) in [6.07, 6.45) is 2.47. The molecule has 3 heterocycles. The normalized spacial score (nSPS) is 16.0. The molecule has 2 N–H and O–H groups in total. The molecular weight excluding hydrogens is 350 g/mol. The van der Waals surface area contributed by atoms with Crippen molar-refractivity contribution in [2.24, 2.45) is 0 Å². The van der Waals surface area contributed by atoms with Crippen molar-refractivity contribution in [2.75, 3.05) is 13.1 Å². The number of nitrogens with zero attached hydrogens (tertiary/aromatic N) is 1. The zero-order chi connectivity index (χ0) is 18.4. The fraction of sp³-hybridized carbons (Fsp3) is 0.348. The van der Waals surface area contributed by atoms with Gasteiger partial charge in [-0.1, -0.05) is 26.0 Å². The molecule has 27 heavy (non-hydrogen) atoms. The second-order valence-corrected chi connectivity index (χ2v) is 8.82. The molecule has 3 nitrogen and oxygen atoms in total. The van der Waals surface area contributed by atoms with Crippen LogP contribution in [0.25, 0.3) is 32.4 Å². The summed E-state index contributed by atoms with van der Waals surface area (Å²) in [6.45, 7) is 6.85. The average molecular weight is 376 g/mol. The van der Waals surface area contributed by atoms with Gasteiger partial charge >= 0.3 is 0 Å². The van der Waals surface area contributed by atoms with Gasteiger partial charge in [0.05, 0.1) is 21.4 Å². The maximum Gasteiger partial charge on any atom is 0.0818 e. The van der Waals surface area contributed by atoms with Gasteiger partial charge in [0.2, 0.25) is 0 Å². The molecule has 0 aliphatic carbocycles. The molecule has 0 bridgehead atoms. The molecule has 1 saturated heterocycles. The van der Waals surface area contributed by atoms with Crippen molar-refractivity contribution in [3.05, 3.63) is 53.0 Å². The Hall–Kier alpha value is -2.17. The first-order valence-electron chi connectivity index (χ1n) is 9.90. The average Bonchev–Trinajstić information content (AvgIpc) is 3.31. The first-order valence-corrected chi connectivity index (χ1v) is 10.8. The third-order valence-electron chi connectivity index (χ3n) is 5.87. The van der Waals surface area contributed by atoms with Crippen molar-refractivity contribution in [3.63, 3.8) is 0 Å². The maximum absolute atomic E-state index is 4.51. The third-order valence-corrected chi connectivity index (χ3v) is 6.68. The van der Waals surface area contributed by atoms with E-state index < -0.39 is 0 Å². The fourth-order valence-corrected chi connectivity index (χ4v) is 5.14. The molecule has 4 heteroatoms. The van der Waals surface area contributed by atoms with E-state index in [1.807, 2.05) is 5.51 Å². The van der Waals surface area contributed by atoms with Crippen LogP contribution in [0.5, 0.6) is 0 Å². The smallest absolute Gasteiger partial charge is 0.0818 e. The van der Waals surface area contributed by atoms with Crippen LogP contribution in [0.1, 0.15) is 49.7 Å². The van der Waals surface area contributed by atoms with Crippen LogP contribution in [-0.2, 0) is 0 Å². The number of thiazole rings is 1. The maximum atomic E-state index is 4.51. The minimum absolute atomic E-state index is 0.461. The topological polar surface area (TPSA) is 40.7 Å². The summed E-state index contributed by atoms with van der Waals surface area (Å²) in [4.78, 5) is 8.22. The highest BCUT2D eigenvalue weighted by atomic mass is 32.1.